The van der Waals surface area contributed by atoms with E-state index in [0.29, 0.717) is 18.1 Å². The molecule has 0 N–H and O–H groups in total. The minimum Gasteiger partial charge on any atom is -0.457 e. The van der Waals surface area contributed by atoms with Gasteiger partial charge in [0.1, 0.15) is 5.76 Å². The average Bonchev–Trinajstić information content (AvgIpc) is 2.32. The molecule has 0 aliphatic carbocycles. The lowest BCUT2D eigenvalue weighted by Gasteiger charge is -2.02. The van der Waals surface area contributed by atoms with E-state index in [2.05, 4.69) is 4.42 Å². The predicted octanol–water partition coefficient (Wildman–Crippen LogP) is 3.50. The lowest BCUT2D eigenvalue weighted by atomic mass is 10.1. The third-order valence-electron chi connectivity index (χ3n) is 1.55. The second-order valence-electron chi connectivity index (χ2n) is 3.36. The molecule has 0 amide bonds. The molecular weight excluding hydrogens is 181 g/mol. The van der Waals surface area contributed by atoms with Gasteiger partial charge in [-0.1, -0.05) is 13.8 Å². The third-order valence-corrected chi connectivity index (χ3v) is 1.55. The maximum atomic E-state index is 12.0. The van der Waals surface area contributed by atoms with Gasteiger partial charge in [0.05, 0.1) is 0 Å². The topological polar surface area (TPSA) is 13.1 Å². The average molecular weight is 192 g/mol. The quantitative estimate of drug-likeness (QED) is 0.698. The number of hydrogen-bond donors (Lipinski definition) is 0. The van der Waals surface area contributed by atoms with Crippen LogP contribution in [-0.2, 0) is 12.6 Å². The van der Waals surface area contributed by atoms with Crippen molar-refractivity contribution in [2.24, 2.45) is 5.92 Å². The molecule has 0 bridgehead atoms. The normalized spacial score (nSPS) is 12.5. The van der Waals surface area contributed by atoms with Crippen LogP contribution in [0.2, 0.25) is 0 Å². The molecule has 0 aliphatic heterocycles. The zero-order valence-corrected chi connectivity index (χ0v) is 7.48. The second-order valence-corrected chi connectivity index (χ2v) is 3.36. The Bertz CT molecular complexity index is 273. The minimum atomic E-state index is -4.37. The van der Waals surface area contributed by atoms with Gasteiger partial charge in [-0.3, -0.25) is 0 Å². The molecule has 0 spiro atoms. The van der Waals surface area contributed by atoms with Gasteiger partial charge in [0.15, 0.2) is 0 Å². The van der Waals surface area contributed by atoms with E-state index in [4.69, 9.17) is 0 Å². The van der Waals surface area contributed by atoms with Gasteiger partial charge in [-0.25, -0.2) is 0 Å². The molecule has 13 heavy (non-hydrogen) atoms. The van der Waals surface area contributed by atoms with Crippen LogP contribution >= 0.6 is 0 Å². The van der Waals surface area contributed by atoms with Crippen LogP contribution in [0.25, 0.3) is 0 Å². The van der Waals surface area contributed by atoms with Crippen molar-refractivity contribution in [3.05, 3.63) is 23.7 Å². The standard InChI is InChI=1S/C9H11F3O/c1-6(2)5-7-3-4-8(13-7)9(10,11)12/h3-4,6H,5H2,1-2H3. The highest BCUT2D eigenvalue weighted by Gasteiger charge is 2.34. The fraction of sp³-hybridized carbons (Fsp3) is 0.556. The van der Waals surface area contributed by atoms with Crippen LogP contribution in [0.4, 0.5) is 13.2 Å². The molecule has 1 aromatic heterocycles. The first kappa shape index (κ1) is 10.2. The predicted molar refractivity (Wildman–Crippen MR) is 42.3 cm³/mol. The summed E-state index contributed by atoms with van der Waals surface area (Å²) < 4.78 is 40.8. The van der Waals surface area contributed by atoms with Gasteiger partial charge in [0.2, 0.25) is 5.76 Å². The summed E-state index contributed by atoms with van der Waals surface area (Å²) >= 11 is 0. The Labute approximate surface area is 74.5 Å². The number of rotatable bonds is 2. The van der Waals surface area contributed by atoms with Crippen LogP contribution in [0, 0.1) is 5.92 Å². The van der Waals surface area contributed by atoms with Crippen molar-refractivity contribution in [3.63, 3.8) is 0 Å². The summed E-state index contributed by atoms with van der Waals surface area (Å²) in [5.41, 5.74) is 0. The molecule has 0 saturated carbocycles. The van der Waals surface area contributed by atoms with Gasteiger partial charge >= 0.3 is 6.18 Å². The zero-order chi connectivity index (χ0) is 10.1. The number of halogens is 3. The van der Waals surface area contributed by atoms with Crippen molar-refractivity contribution in [2.45, 2.75) is 26.4 Å². The van der Waals surface area contributed by atoms with E-state index < -0.39 is 11.9 Å². The lowest BCUT2D eigenvalue weighted by molar-refractivity contribution is -0.153. The van der Waals surface area contributed by atoms with Crippen LogP contribution in [0.15, 0.2) is 16.5 Å². The summed E-state index contributed by atoms with van der Waals surface area (Å²) in [6.07, 6.45) is -3.83. The van der Waals surface area contributed by atoms with Crippen LogP contribution in [0.3, 0.4) is 0 Å². The Morgan fingerprint density at radius 1 is 1.31 bits per heavy atom. The molecule has 4 heteroatoms. The fourth-order valence-corrected chi connectivity index (χ4v) is 1.04. The maximum Gasteiger partial charge on any atom is 0.449 e. The molecule has 1 rings (SSSR count). The molecule has 1 heterocycles. The van der Waals surface area contributed by atoms with Crippen molar-refractivity contribution in [2.75, 3.05) is 0 Å². The number of alkyl halides is 3. The molecular formula is C9H11F3O. The summed E-state index contributed by atoms with van der Waals surface area (Å²) in [6, 6.07) is 2.35. The molecule has 1 nitrogen and oxygen atoms in total. The SMILES string of the molecule is CC(C)Cc1ccc(C(F)(F)F)o1. The van der Waals surface area contributed by atoms with Gasteiger partial charge in [-0.2, -0.15) is 13.2 Å². The van der Waals surface area contributed by atoms with E-state index in [1.807, 2.05) is 13.8 Å². The number of furan rings is 1. The molecule has 74 valence electrons. The first-order valence-electron chi connectivity index (χ1n) is 4.05. The Morgan fingerprint density at radius 2 is 1.92 bits per heavy atom. The first-order chi connectivity index (χ1) is 5.89. The molecule has 0 radical (unpaired) electrons. The van der Waals surface area contributed by atoms with Crippen LogP contribution in [0.1, 0.15) is 25.4 Å². The van der Waals surface area contributed by atoms with E-state index >= 15 is 0 Å². The highest BCUT2D eigenvalue weighted by atomic mass is 19.4. The van der Waals surface area contributed by atoms with Crippen molar-refractivity contribution in [1.82, 2.24) is 0 Å². The van der Waals surface area contributed by atoms with E-state index in [0.717, 1.165) is 6.07 Å². The summed E-state index contributed by atoms with van der Waals surface area (Å²) in [5, 5.41) is 0. The first-order valence-corrected chi connectivity index (χ1v) is 4.05. The van der Waals surface area contributed by atoms with Gasteiger partial charge in [-0.15, -0.1) is 0 Å². The molecule has 0 atom stereocenters. The van der Waals surface area contributed by atoms with Crippen molar-refractivity contribution >= 4 is 0 Å². The van der Waals surface area contributed by atoms with E-state index in [1.54, 1.807) is 0 Å². The van der Waals surface area contributed by atoms with Crippen LogP contribution < -0.4 is 0 Å². The maximum absolute atomic E-state index is 12.0. The summed E-state index contributed by atoms with van der Waals surface area (Å²) in [6.45, 7) is 3.85. The smallest absolute Gasteiger partial charge is 0.449 e. The summed E-state index contributed by atoms with van der Waals surface area (Å²) in [4.78, 5) is 0. The zero-order valence-electron chi connectivity index (χ0n) is 7.48. The molecule has 0 fully saturated rings. The van der Waals surface area contributed by atoms with Crippen molar-refractivity contribution in [3.8, 4) is 0 Å². The van der Waals surface area contributed by atoms with Gasteiger partial charge in [-0.05, 0) is 18.1 Å². The van der Waals surface area contributed by atoms with E-state index in [1.165, 1.54) is 6.07 Å². The summed E-state index contributed by atoms with van der Waals surface area (Å²) in [5.74, 6) is -0.224. The van der Waals surface area contributed by atoms with Gasteiger partial charge in [0.25, 0.3) is 0 Å². The fourth-order valence-electron chi connectivity index (χ4n) is 1.04. The van der Waals surface area contributed by atoms with Crippen LogP contribution in [0.5, 0.6) is 0 Å². The van der Waals surface area contributed by atoms with Crippen molar-refractivity contribution in [1.29, 1.82) is 0 Å². The molecule has 0 aromatic carbocycles. The highest BCUT2D eigenvalue weighted by molar-refractivity contribution is 5.10. The summed E-state index contributed by atoms with van der Waals surface area (Å²) in [7, 11) is 0. The van der Waals surface area contributed by atoms with E-state index in [-0.39, 0.29) is 0 Å². The second kappa shape index (κ2) is 3.44. The largest absolute Gasteiger partial charge is 0.457 e. The Hall–Kier alpha value is -0.930. The molecule has 0 unspecified atom stereocenters. The van der Waals surface area contributed by atoms with Crippen LogP contribution in [-0.4, -0.2) is 0 Å². The number of hydrogen-bond acceptors (Lipinski definition) is 1. The monoisotopic (exact) mass is 192 g/mol. The molecule has 0 saturated heterocycles. The van der Waals surface area contributed by atoms with Crippen molar-refractivity contribution < 1.29 is 17.6 Å². The van der Waals surface area contributed by atoms with Gasteiger partial charge in [0, 0.05) is 6.42 Å². The van der Waals surface area contributed by atoms with E-state index in [9.17, 15) is 13.2 Å². The Morgan fingerprint density at radius 3 is 2.31 bits per heavy atom. The lowest BCUT2D eigenvalue weighted by Crippen LogP contribution is -2.02. The third kappa shape index (κ3) is 2.79. The Balaban J connectivity index is 2.75. The minimum absolute atomic E-state index is 0.298. The molecule has 1 aromatic rings. The highest BCUT2D eigenvalue weighted by Crippen LogP contribution is 2.30. The Kier molecular flexibility index (Phi) is 2.68. The van der Waals surface area contributed by atoms with Gasteiger partial charge < -0.3 is 4.42 Å². The molecule has 0 aliphatic rings.